The number of imide groups is 1. The standard InChI is InChI=1S/C10H11N3O2/c1-7-9(14)12-10(15)13(7)6-8-3-2-4-11-5-8/h2-5,7H,6H2,1H3,(H,12,14,15). The SMILES string of the molecule is CC1C(=O)NC(=O)N1Cc1cccnc1. The molecule has 0 aromatic carbocycles. The number of nitrogens with one attached hydrogen (secondary N) is 1. The molecule has 2 heterocycles. The number of nitrogens with zero attached hydrogens (tertiary/aromatic N) is 2. The predicted octanol–water partition coefficient (Wildman–Crippen LogP) is 0.522. The van der Waals surface area contributed by atoms with Gasteiger partial charge in [-0.2, -0.15) is 0 Å². The molecule has 15 heavy (non-hydrogen) atoms. The Bertz CT molecular complexity index is 391. The Morgan fingerprint density at radius 2 is 2.33 bits per heavy atom. The van der Waals surface area contributed by atoms with E-state index in [9.17, 15) is 9.59 Å². The highest BCUT2D eigenvalue weighted by molar-refractivity contribution is 6.03. The average molecular weight is 205 g/mol. The van der Waals surface area contributed by atoms with Crippen molar-refractivity contribution in [3.05, 3.63) is 30.1 Å². The fourth-order valence-electron chi connectivity index (χ4n) is 1.50. The lowest BCUT2D eigenvalue weighted by atomic mass is 10.2. The van der Waals surface area contributed by atoms with Gasteiger partial charge in [-0.05, 0) is 18.6 Å². The van der Waals surface area contributed by atoms with Gasteiger partial charge in [0.25, 0.3) is 5.91 Å². The molecule has 2 rings (SSSR count). The molecule has 1 aliphatic heterocycles. The largest absolute Gasteiger partial charge is 0.325 e. The zero-order valence-corrected chi connectivity index (χ0v) is 8.30. The number of hydrogen-bond donors (Lipinski definition) is 1. The number of amides is 3. The summed E-state index contributed by atoms with van der Waals surface area (Å²) in [5.41, 5.74) is 0.911. The molecule has 1 saturated heterocycles. The molecule has 5 nitrogen and oxygen atoms in total. The van der Waals surface area contributed by atoms with E-state index >= 15 is 0 Å². The van der Waals surface area contributed by atoms with Crippen LogP contribution < -0.4 is 5.32 Å². The van der Waals surface area contributed by atoms with E-state index in [0.717, 1.165) is 5.56 Å². The maximum absolute atomic E-state index is 11.4. The highest BCUT2D eigenvalue weighted by atomic mass is 16.2. The summed E-state index contributed by atoms with van der Waals surface area (Å²) in [5, 5.41) is 2.26. The summed E-state index contributed by atoms with van der Waals surface area (Å²) < 4.78 is 0. The smallest absolute Gasteiger partial charge is 0.308 e. The summed E-state index contributed by atoms with van der Waals surface area (Å²) in [5.74, 6) is -0.246. The molecule has 1 aromatic rings. The Kier molecular flexibility index (Phi) is 2.37. The van der Waals surface area contributed by atoms with Gasteiger partial charge in [0, 0.05) is 18.9 Å². The minimum Gasteiger partial charge on any atom is -0.308 e. The van der Waals surface area contributed by atoms with Crippen LogP contribution in [-0.2, 0) is 11.3 Å². The first-order chi connectivity index (χ1) is 7.18. The fraction of sp³-hybridized carbons (Fsp3) is 0.300. The monoisotopic (exact) mass is 205 g/mol. The van der Waals surface area contributed by atoms with E-state index in [4.69, 9.17) is 0 Å². The quantitative estimate of drug-likeness (QED) is 0.716. The zero-order chi connectivity index (χ0) is 10.8. The van der Waals surface area contributed by atoms with E-state index in [1.165, 1.54) is 4.90 Å². The van der Waals surface area contributed by atoms with Crippen molar-refractivity contribution in [2.45, 2.75) is 19.5 Å². The van der Waals surface area contributed by atoms with Gasteiger partial charge in [-0.25, -0.2) is 4.79 Å². The van der Waals surface area contributed by atoms with Crippen LogP contribution in [0.1, 0.15) is 12.5 Å². The van der Waals surface area contributed by atoms with Crippen LogP contribution in [0.2, 0.25) is 0 Å². The highest BCUT2D eigenvalue weighted by Gasteiger charge is 2.34. The van der Waals surface area contributed by atoms with E-state index in [1.807, 2.05) is 6.07 Å². The topological polar surface area (TPSA) is 62.3 Å². The van der Waals surface area contributed by atoms with Crippen LogP contribution in [0.25, 0.3) is 0 Å². The summed E-state index contributed by atoms with van der Waals surface area (Å²) in [6, 6.07) is 2.93. The molecular weight excluding hydrogens is 194 g/mol. The van der Waals surface area contributed by atoms with Crippen molar-refractivity contribution in [2.24, 2.45) is 0 Å². The lowest BCUT2D eigenvalue weighted by molar-refractivity contribution is -0.121. The lowest BCUT2D eigenvalue weighted by Gasteiger charge is -2.17. The third-order valence-corrected chi connectivity index (χ3v) is 2.41. The molecule has 1 unspecified atom stereocenters. The van der Waals surface area contributed by atoms with E-state index in [1.54, 1.807) is 25.4 Å². The van der Waals surface area contributed by atoms with Gasteiger partial charge in [0.05, 0.1) is 0 Å². The summed E-state index contributed by atoms with van der Waals surface area (Å²) in [6.07, 6.45) is 3.35. The van der Waals surface area contributed by atoms with Crippen molar-refractivity contribution in [2.75, 3.05) is 0 Å². The Labute approximate surface area is 87.1 Å². The molecular formula is C10H11N3O2. The summed E-state index contributed by atoms with van der Waals surface area (Å²) >= 11 is 0. The van der Waals surface area contributed by atoms with Crippen molar-refractivity contribution in [1.82, 2.24) is 15.2 Å². The molecule has 3 amide bonds. The van der Waals surface area contributed by atoms with Crippen molar-refractivity contribution < 1.29 is 9.59 Å². The Hall–Kier alpha value is -1.91. The third kappa shape index (κ3) is 1.81. The van der Waals surface area contributed by atoms with E-state index in [-0.39, 0.29) is 11.9 Å². The molecule has 1 aromatic heterocycles. The second-order valence-corrected chi connectivity index (χ2v) is 3.46. The summed E-state index contributed by atoms with van der Waals surface area (Å²) in [6.45, 7) is 2.11. The molecule has 78 valence electrons. The van der Waals surface area contributed by atoms with Gasteiger partial charge in [0.2, 0.25) is 0 Å². The molecule has 1 N–H and O–H groups in total. The van der Waals surface area contributed by atoms with Crippen LogP contribution in [0.4, 0.5) is 4.79 Å². The van der Waals surface area contributed by atoms with Crippen molar-refractivity contribution in [1.29, 1.82) is 0 Å². The number of urea groups is 1. The molecule has 0 aliphatic carbocycles. The first-order valence-electron chi connectivity index (χ1n) is 4.69. The van der Waals surface area contributed by atoms with Crippen LogP contribution >= 0.6 is 0 Å². The number of pyridine rings is 1. The molecule has 1 atom stereocenters. The normalized spacial score (nSPS) is 20.6. The number of rotatable bonds is 2. The molecule has 5 heteroatoms. The van der Waals surface area contributed by atoms with Crippen molar-refractivity contribution >= 4 is 11.9 Å². The van der Waals surface area contributed by atoms with Crippen LogP contribution in [0.3, 0.4) is 0 Å². The number of hydrogen-bond acceptors (Lipinski definition) is 3. The van der Waals surface area contributed by atoms with Gasteiger partial charge < -0.3 is 4.90 Å². The number of carbonyl (C=O) groups excluding carboxylic acids is 2. The van der Waals surface area contributed by atoms with E-state index < -0.39 is 6.04 Å². The van der Waals surface area contributed by atoms with Crippen LogP contribution in [0.15, 0.2) is 24.5 Å². The molecule has 0 saturated carbocycles. The van der Waals surface area contributed by atoms with Gasteiger partial charge >= 0.3 is 6.03 Å². The van der Waals surface area contributed by atoms with Crippen molar-refractivity contribution in [3.63, 3.8) is 0 Å². The van der Waals surface area contributed by atoms with Crippen LogP contribution in [0.5, 0.6) is 0 Å². The number of carbonyl (C=O) groups is 2. The van der Waals surface area contributed by atoms with Crippen LogP contribution in [-0.4, -0.2) is 27.9 Å². The maximum atomic E-state index is 11.4. The second kappa shape index (κ2) is 3.68. The minimum atomic E-state index is -0.405. The summed E-state index contributed by atoms with van der Waals surface area (Å²) in [4.78, 5) is 28.0. The Morgan fingerprint density at radius 3 is 2.87 bits per heavy atom. The van der Waals surface area contributed by atoms with Gasteiger partial charge in [-0.3, -0.25) is 15.1 Å². The zero-order valence-electron chi connectivity index (χ0n) is 8.30. The van der Waals surface area contributed by atoms with Gasteiger partial charge in [-0.1, -0.05) is 6.07 Å². The van der Waals surface area contributed by atoms with Gasteiger partial charge in [0.15, 0.2) is 0 Å². The third-order valence-electron chi connectivity index (χ3n) is 2.41. The van der Waals surface area contributed by atoms with Crippen LogP contribution in [0, 0.1) is 0 Å². The molecule has 1 aliphatic rings. The highest BCUT2D eigenvalue weighted by Crippen LogP contribution is 2.12. The Balaban J connectivity index is 2.13. The van der Waals surface area contributed by atoms with Gasteiger partial charge in [0.1, 0.15) is 6.04 Å². The van der Waals surface area contributed by atoms with Gasteiger partial charge in [-0.15, -0.1) is 0 Å². The van der Waals surface area contributed by atoms with E-state index in [2.05, 4.69) is 10.3 Å². The summed E-state index contributed by atoms with van der Waals surface area (Å²) in [7, 11) is 0. The average Bonchev–Trinajstić information content (AvgIpc) is 2.47. The maximum Gasteiger partial charge on any atom is 0.325 e. The fourth-order valence-corrected chi connectivity index (χ4v) is 1.50. The first kappa shape index (κ1) is 9.64. The molecule has 0 bridgehead atoms. The molecule has 0 spiro atoms. The molecule has 1 fully saturated rings. The van der Waals surface area contributed by atoms with Crippen molar-refractivity contribution in [3.8, 4) is 0 Å². The molecule has 0 radical (unpaired) electrons. The number of aromatic nitrogens is 1. The minimum absolute atomic E-state index is 0.246. The van der Waals surface area contributed by atoms with E-state index in [0.29, 0.717) is 6.54 Å². The predicted molar refractivity (Wildman–Crippen MR) is 52.8 cm³/mol. The Morgan fingerprint density at radius 1 is 1.53 bits per heavy atom. The first-order valence-corrected chi connectivity index (χ1v) is 4.69. The lowest BCUT2D eigenvalue weighted by Crippen LogP contribution is -2.32. The second-order valence-electron chi connectivity index (χ2n) is 3.46.